The van der Waals surface area contributed by atoms with Crippen LogP contribution in [0.2, 0.25) is 0 Å². The molecule has 0 aliphatic heterocycles. The summed E-state index contributed by atoms with van der Waals surface area (Å²) in [5.41, 5.74) is 0. The van der Waals surface area contributed by atoms with Gasteiger partial charge in [0.2, 0.25) is 0 Å². The summed E-state index contributed by atoms with van der Waals surface area (Å²) in [6.45, 7) is 5.51. The van der Waals surface area contributed by atoms with Crippen LogP contribution >= 0.6 is 0 Å². The third kappa shape index (κ3) is 7.05. The Bertz CT molecular complexity index is 221. The summed E-state index contributed by atoms with van der Waals surface area (Å²) in [7, 11) is 0. The molecule has 0 atom stereocenters. The Morgan fingerprint density at radius 1 is 1.38 bits per heavy atom. The Kier molecular flexibility index (Phi) is 8.24. The lowest BCUT2D eigenvalue weighted by Crippen LogP contribution is -2.41. The van der Waals surface area contributed by atoms with Crippen LogP contribution < -0.4 is 5.32 Å². The second-order valence-electron chi connectivity index (χ2n) is 3.26. The number of carbonyl (C=O) groups excluding carboxylic acids is 1. The van der Waals surface area contributed by atoms with Gasteiger partial charge in [-0.1, -0.05) is 6.92 Å². The minimum Gasteiger partial charge on any atom is -0.480 e. The molecule has 16 heavy (non-hydrogen) atoms. The smallest absolute Gasteiger partial charge is 0.329 e. The number of nitrogens with zero attached hydrogens (tertiary/aromatic N) is 1. The van der Waals surface area contributed by atoms with Gasteiger partial charge in [0, 0.05) is 19.6 Å². The lowest BCUT2D eigenvalue weighted by molar-refractivity contribution is -0.142. The number of rotatable bonds is 8. The van der Waals surface area contributed by atoms with E-state index < -0.39 is 5.97 Å². The number of hydrogen-bond acceptors (Lipinski definition) is 3. The van der Waals surface area contributed by atoms with Gasteiger partial charge in [-0.3, -0.25) is 0 Å². The number of aliphatic carboxylic acids is 1. The van der Waals surface area contributed by atoms with Crippen LogP contribution in [0.4, 0.5) is 4.79 Å². The average Bonchev–Trinajstić information content (AvgIpc) is 2.24. The minimum absolute atomic E-state index is 0.136. The number of carboxylic acids is 1. The van der Waals surface area contributed by atoms with E-state index in [1.54, 1.807) is 4.90 Å². The molecule has 0 heterocycles. The Morgan fingerprint density at radius 2 is 2.06 bits per heavy atom. The van der Waals surface area contributed by atoms with Crippen LogP contribution in [0.3, 0.4) is 0 Å². The van der Waals surface area contributed by atoms with Gasteiger partial charge < -0.3 is 20.1 Å². The van der Waals surface area contributed by atoms with E-state index in [-0.39, 0.29) is 19.2 Å². The van der Waals surface area contributed by atoms with E-state index in [9.17, 15) is 9.59 Å². The zero-order valence-electron chi connectivity index (χ0n) is 9.86. The molecule has 0 aromatic rings. The van der Waals surface area contributed by atoms with Crippen molar-refractivity contribution in [3.05, 3.63) is 0 Å². The molecule has 0 aliphatic rings. The van der Waals surface area contributed by atoms with Crippen molar-refractivity contribution >= 4 is 12.0 Å². The lowest BCUT2D eigenvalue weighted by Gasteiger charge is -2.20. The molecule has 0 rings (SSSR count). The fraction of sp³-hybridized carbons (Fsp3) is 0.800. The van der Waals surface area contributed by atoms with E-state index in [0.717, 1.165) is 13.0 Å². The number of urea groups is 1. The number of carboxylic acid groups (broad SMARTS) is 1. The first kappa shape index (κ1) is 14.7. The molecule has 0 saturated heterocycles. The van der Waals surface area contributed by atoms with Crippen molar-refractivity contribution in [2.75, 3.05) is 32.8 Å². The molecule has 6 nitrogen and oxygen atoms in total. The maximum atomic E-state index is 11.5. The Labute approximate surface area is 95.6 Å². The summed E-state index contributed by atoms with van der Waals surface area (Å²) in [6, 6.07) is -0.136. The van der Waals surface area contributed by atoms with E-state index in [1.165, 1.54) is 0 Å². The standard InChI is InChI=1S/C10H20N2O4/c1-3-6-12(4-2)10(15)11-5-7-16-8-9(13)14/h3-8H2,1-2H3,(H,11,15)(H,13,14). The highest BCUT2D eigenvalue weighted by Gasteiger charge is 2.08. The van der Waals surface area contributed by atoms with Gasteiger partial charge in [-0.15, -0.1) is 0 Å². The van der Waals surface area contributed by atoms with Crippen molar-refractivity contribution in [3.63, 3.8) is 0 Å². The monoisotopic (exact) mass is 232 g/mol. The molecule has 6 heteroatoms. The maximum absolute atomic E-state index is 11.5. The van der Waals surface area contributed by atoms with Crippen molar-refractivity contribution in [2.45, 2.75) is 20.3 Å². The van der Waals surface area contributed by atoms with Crippen LogP contribution in [0.15, 0.2) is 0 Å². The van der Waals surface area contributed by atoms with E-state index >= 15 is 0 Å². The second-order valence-corrected chi connectivity index (χ2v) is 3.26. The predicted molar refractivity (Wildman–Crippen MR) is 59.4 cm³/mol. The summed E-state index contributed by atoms with van der Waals surface area (Å²) < 4.78 is 4.79. The minimum atomic E-state index is -1.01. The first-order valence-corrected chi connectivity index (χ1v) is 5.44. The number of amides is 2. The van der Waals surface area contributed by atoms with Gasteiger partial charge in [0.25, 0.3) is 0 Å². The van der Waals surface area contributed by atoms with E-state index in [4.69, 9.17) is 9.84 Å². The van der Waals surface area contributed by atoms with Crippen LogP contribution in [0.5, 0.6) is 0 Å². The summed E-state index contributed by atoms with van der Waals surface area (Å²) >= 11 is 0. The van der Waals surface area contributed by atoms with Crippen LogP contribution in [-0.2, 0) is 9.53 Å². The van der Waals surface area contributed by atoms with Gasteiger partial charge in [-0.05, 0) is 13.3 Å². The molecular weight excluding hydrogens is 212 g/mol. The average molecular weight is 232 g/mol. The molecule has 0 fully saturated rings. The lowest BCUT2D eigenvalue weighted by atomic mass is 10.4. The van der Waals surface area contributed by atoms with Crippen molar-refractivity contribution in [3.8, 4) is 0 Å². The third-order valence-electron chi connectivity index (χ3n) is 1.91. The number of carbonyl (C=O) groups is 2. The summed E-state index contributed by atoms with van der Waals surface area (Å²) in [4.78, 5) is 23.3. The molecular formula is C10H20N2O4. The van der Waals surface area contributed by atoms with Crippen LogP contribution in [0.1, 0.15) is 20.3 Å². The van der Waals surface area contributed by atoms with E-state index in [2.05, 4.69) is 5.32 Å². The molecule has 94 valence electrons. The summed E-state index contributed by atoms with van der Waals surface area (Å²) in [5, 5.41) is 11.0. The van der Waals surface area contributed by atoms with Gasteiger partial charge in [0.1, 0.15) is 6.61 Å². The first-order valence-electron chi connectivity index (χ1n) is 5.44. The van der Waals surface area contributed by atoms with E-state index in [0.29, 0.717) is 13.1 Å². The van der Waals surface area contributed by atoms with Gasteiger partial charge in [-0.2, -0.15) is 0 Å². The van der Waals surface area contributed by atoms with Crippen molar-refractivity contribution in [2.24, 2.45) is 0 Å². The first-order chi connectivity index (χ1) is 7.61. The van der Waals surface area contributed by atoms with Gasteiger partial charge in [0.05, 0.1) is 6.61 Å². The van der Waals surface area contributed by atoms with Gasteiger partial charge in [0.15, 0.2) is 0 Å². The van der Waals surface area contributed by atoms with Crippen LogP contribution in [0.25, 0.3) is 0 Å². The van der Waals surface area contributed by atoms with Crippen LogP contribution in [0, 0.1) is 0 Å². The quantitative estimate of drug-likeness (QED) is 0.598. The Morgan fingerprint density at radius 3 is 2.56 bits per heavy atom. The molecule has 0 bridgehead atoms. The molecule has 2 amide bonds. The topological polar surface area (TPSA) is 78.9 Å². The maximum Gasteiger partial charge on any atom is 0.329 e. The number of nitrogens with one attached hydrogen (secondary N) is 1. The van der Waals surface area contributed by atoms with Crippen molar-refractivity contribution in [1.82, 2.24) is 10.2 Å². The third-order valence-corrected chi connectivity index (χ3v) is 1.91. The highest BCUT2D eigenvalue weighted by molar-refractivity contribution is 5.74. The number of ether oxygens (including phenoxy) is 1. The van der Waals surface area contributed by atoms with Gasteiger partial charge >= 0.3 is 12.0 Å². The van der Waals surface area contributed by atoms with Crippen molar-refractivity contribution in [1.29, 1.82) is 0 Å². The molecule has 0 radical (unpaired) electrons. The second kappa shape index (κ2) is 8.96. The SMILES string of the molecule is CCCN(CC)C(=O)NCCOCC(=O)O. The molecule has 0 aromatic heterocycles. The molecule has 2 N–H and O–H groups in total. The fourth-order valence-electron chi connectivity index (χ4n) is 1.17. The fourth-order valence-corrected chi connectivity index (χ4v) is 1.17. The molecule has 0 aliphatic carbocycles. The van der Waals surface area contributed by atoms with Crippen molar-refractivity contribution < 1.29 is 19.4 Å². The zero-order valence-corrected chi connectivity index (χ0v) is 9.86. The zero-order chi connectivity index (χ0) is 12.4. The van der Waals surface area contributed by atoms with E-state index in [1.807, 2.05) is 13.8 Å². The normalized spacial score (nSPS) is 9.88. The highest BCUT2D eigenvalue weighted by Crippen LogP contribution is 1.91. The largest absolute Gasteiger partial charge is 0.480 e. The predicted octanol–water partition coefficient (Wildman–Crippen LogP) is 0.529. The molecule has 0 unspecified atom stereocenters. The Balaban J connectivity index is 3.59. The highest BCUT2D eigenvalue weighted by atomic mass is 16.5. The summed E-state index contributed by atoms with van der Waals surface area (Å²) in [5.74, 6) is -1.01. The molecule has 0 aromatic carbocycles. The molecule has 0 saturated carbocycles. The summed E-state index contributed by atoms with van der Waals surface area (Å²) in [6.07, 6.45) is 0.913. The number of hydrogen-bond donors (Lipinski definition) is 2. The Hall–Kier alpha value is -1.30. The van der Waals surface area contributed by atoms with Gasteiger partial charge in [-0.25, -0.2) is 9.59 Å². The molecule has 0 spiro atoms. The van der Waals surface area contributed by atoms with Crippen LogP contribution in [-0.4, -0.2) is 54.9 Å².